The maximum atomic E-state index is 14.0. The lowest BCUT2D eigenvalue weighted by Crippen LogP contribution is -2.20. The Morgan fingerprint density at radius 3 is 2.67 bits per heavy atom. The summed E-state index contributed by atoms with van der Waals surface area (Å²) in [7, 11) is 1.79. The van der Waals surface area contributed by atoms with Crippen molar-refractivity contribution in [3.8, 4) is 0 Å². The SMILES string of the molecule is CNCc1cn(CC(F)(F)c2ccccc2)cn1. The van der Waals surface area contributed by atoms with Crippen LogP contribution in [-0.2, 0) is 19.0 Å². The molecule has 0 bridgehead atoms. The molecule has 5 heteroatoms. The maximum absolute atomic E-state index is 14.0. The summed E-state index contributed by atoms with van der Waals surface area (Å²) in [5.41, 5.74) is 0.773. The van der Waals surface area contributed by atoms with Crippen LogP contribution in [0.2, 0.25) is 0 Å². The van der Waals surface area contributed by atoms with E-state index in [9.17, 15) is 8.78 Å². The Kier molecular flexibility index (Phi) is 3.72. The maximum Gasteiger partial charge on any atom is 0.290 e. The van der Waals surface area contributed by atoms with Gasteiger partial charge in [-0.15, -0.1) is 0 Å². The number of halogens is 2. The van der Waals surface area contributed by atoms with Crippen LogP contribution in [-0.4, -0.2) is 16.6 Å². The third-order valence-electron chi connectivity index (χ3n) is 2.62. The molecule has 0 radical (unpaired) electrons. The van der Waals surface area contributed by atoms with E-state index in [-0.39, 0.29) is 5.56 Å². The van der Waals surface area contributed by atoms with Gasteiger partial charge in [-0.1, -0.05) is 30.3 Å². The molecule has 1 aromatic heterocycles. The van der Waals surface area contributed by atoms with Crippen molar-refractivity contribution < 1.29 is 8.78 Å². The summed E-state index contributed by atoms with van der Waals surface area (Å²) in [6.07, 6.45) is 3.07. The van der Waals surface area contributed by atoms with Crippen LogP contribution in [0.1, 0.15) is 11.3 Å². The average Bonchev–Trinajstić information content (AvgIpc) is 2.77. The second-order valence-electron chi connectivity index (χ2n) is 4.14. The van der Waals surface area contributed by atoms with E-state index in [1.165, 1.54) is 23.0 Å². The molecule has 0 aliphatic carbocycles. The summed E-state index contributed by atoms with van der Waals surface area (Å²) in [5, 5.41) is 2.93. The van der Waals surface area contributed by atoms with E-state index in [2.05, 4.69) is 10.3 Å². The van der Waals surface area contributed by atoms with E-state index in [0.29, 0.717) is 6.54 Å². The second-order valence-corrected chi connectivity index (χ2v) is 4.14. The highest BCUT2D eigenvalue weighted by Crippen LogP contribution is 2.29. The summed E-state index contributed by atoms with van der Waals surface area (Å²) in [4.78, 5) is 4.05. The van der Waals surface area contributed by atoms with Crippen molar-refractivity contribution in [3.63, 3.8) is 0 Å². The van der Waals surface area contributed by atoms with Crippen LogP contribution in [0.3, 0.4) is 0 Å². The fourth-order valence-corrected chi connectivity index (χ4v) is 1.77. The zero-order valence-electron chi connectivity index (χ0n) is 10.1. The zero-order valence-corrected chi connectivity index (χ0v) is 10.1. The Hall–Kier alpha value is -1.75. The molecule has 0 fully saturated rings. The van der Waals surface area contributed by atoms with Crippen molar-refractivity contribution in [2.24, 2.45) is 0 Å². The summed E-state index contributed by atoms with van der Waals surface area (Å²) in [5.74, 6) is -2.89. The van der Waals surface area contributed by atoms with Crippen LogP contribution in [0.4, 0.5) is 8.78 Å². The smallest absolute Gasteiger partial charge is 0.290 e. The number of hydrogen-bond donors (Lipinski definition) is 1. The highest BCUT2D eigenvalue weighted by Gasteiger charge is 2.31. The first-order chi connectivity index (χ1) is 8.62. The number of aromatic nitrogens is 2. The quantitative estimate of drug-likeness (QED) is 0.884. The first-order valence-corrected chi connectivity index (χ1v) is 5.70. The summed E-state index contributed by atoms with van der Waals surface area (Å²) in [6, 6.07) is 7.83. The molecule has 0 saturated heterocycles. The van der Waals surface area contributed by atoms with Crippen LogP contribution < -0.4 is 5.32 Å². The van der Waals surface area contributed by atoms with Gasteiger partial charge in [-0.25, -0.2) is 4.98 Å². The lowest BCUT2D eigenvalue weighted by atomic mass is 10.1. The van der Waals surface area contributed by atoms with Gasteiger partial charge < -0.3 is 9.88 Å². The molecule has 1 aromatic carbocycles. The first kappa shape index (κ1) is 12.7. The molecule has 1 heterocycles. The molecule has 0 unspecified atom stereocenters. The number of hydrogen-bond acceptors (Lipinski definition) is 2. The molecule has 0 atom stereocenters. The lowest BCUT2D eigenvalue weighted by Gasteiger charge is -2.16. The molecule has 0 amide bonds. The minimum Gasteiger partial charge on any atom is -0.331 e. The van der Waals surface area contributed by atoms with Crippen molar-refractivity contribution in [3.05, 3.63) is 54.1 Å². The molecule has 2 rings (SSSR count). The topological polar surface area (TPSA) is 29.9 Å². The Morgan fingerprint density at radius 1 is 1.28 bits per heavy atom. The van der Waals surface area contributed by atoms with Gasteiger partial charge in [0.15, 0.2) is 0 Å². The van der Waals surface area contributed by atoms with E-state index in [4.69, 9.17) is 0 Å². The Morgan fingerprint density at radius 2 is 2.00 bits per heavy atom. The van der Waals surface area contributed by atoms with E-state index < -0.39 is 12.5 Å². The van der Waals surface area contributed by atoms with Crippen molar-refractivity contribution in [1.29, 1.82) is 0 Å². The van der Waals surface area contributed by atoms with Gasteiger partial charge in [0.2, 0.25) is 0 Å². The van der Waals surface area contributed by atoms with Gasteiger partial charge in [0.25, 0.3) is 5.92 Å². The molecule has 2 aromatic rings. The number of rotatable bonds is 5. The number of alkyl halides is 2. The molecular weight excluding hydrogens is 236 g/mol. The van der Waals surface area contributed by atoms with Crippen LogP contribution in [0.15, 0.2) is 42.9 Å². The van der Waals surface area contributed by atoms with E-state index in [1.807, 2.05) is 0 Å². The largest absolute Gasteiger partial charge is 0.331 e. The minimum atomic E-state index is -2.89. The van der Waals surface area contributed by atoms with Gasteiger partial charge in [-0.3, -0.25) is 0 Å². The predicted molar refractivity (Wildman–Crippen MR) is 65.3 cm³/mol. The first-order valence-electron chi connectivity index (χ1n) is 5.70. The molecule has 96 valence electrons. The van der Waals surface area contributed by atoms with Crippen LogP contribution in [0, 0.1) is 0 Å². The summed E-state index contributed by atoms with van der Waals surface area (Å²) >= 11 is 0. The Bertz CT molecular complexity index is 494. The fourth-order valence-electron chi connectivity index (χ4n) is 1.77. The lowest BCUT2D eigenvalue weighted by molar-refractivity contribution is -0.0222. The fraction of sp³-hybridized carbons (Fsp3) is 0.308. The normalized spacial score (nSPS) is 11.7. The molecule has 0 aliphatic rings. The van der Waals surface area contributed by atoms with Crippen LogP contribution >= 0.6 is 0 Å². The summed E-state index contributed by atoms with van der Waals surface area (Å²) < 4.78 is 29.4. The zero-order chi connectivity index (χ0) is 13.0. The van der Waals surface area contributed by atoms with Crippen molar-refractivity contribution in [2.45, 2.75) is 19.0 Å². The summed E-state index contributed by atoms with van der Waals surface area (Å²) in [6.45, 7) is 0.178. The number of nitrogens with zero attached hydrogens (tertiary/aromatic N) is 2. The number of benzene rings is 1. The van der Waals surface area contributed by atoms with Gasteiger partial charge >= 0.3 is 0 Å². The molecule has 0 aliphatic heterocycles. The monoisotopic (exact) mass is 251 g/mol. The number of imidazole rings is 1. The van der Waals surface area contributed by atoms with Crippen LogP contribution in [0.25, 0.3) is 0 Å². The van der Waals surface area contributed by atoms with Gasteiger partial charge in [-0.05, 0) is 7.05 Å². The molecule has 18 heavy (non-hydrogen) atoms. The Labute approximate surface area is 104 Å². The number of nitrogens with one attached hydrogen (secondary N) is 1. The molecular formula is C13H15F2N3. The Balaban J connectivity index is 2.12. The van der Waals surface area contributed by atoms with Gasteiger partial charge in [-0.2, -0.15) is 8.78 Å². The van der Waals surface area contributed by atoms with Gasteiger partial charge in [0, 0.05) is 18.3 Å². The van der Waals surface area contributed by atoms with E-state index >= 15 is 0 Å². The van der Waals surface area contributed by atoms with Crippen LogP contribution in [0.5, 0.6) is 0 Å². The van der Waals surface area contributed by atoms with E-state index in [1.54, 1.807) is 31.4 Å². The molecule has 3 nitrogen and oxygen atoms in total. The second kappa shape index (κ2) is 5.27. The third-order valence-corrected chi connectivity index (χ3v) is 2.62. The molecule has 0 saturated carbocycles. The minimum absolute atomic E-state index is 0.0221. The van der Waals surface area contributed by atoms with E-state index in [0.717, 1.165) is 5.69 Å². The highest BCUT2D eigenvalue weighted by molar-refractivity contribution is 5.19. The molecule has 1 N–H and O–H groups in total. The third kappa shape index (κ3) is 2.92. The van der Waals surface area contributed by atoms with Crippen molar-refractivity contribution in [2.75, 3.05) is 7.05 Å². The molecule has 0 spiro atoms. The van der Waals surface area contributed by atoms with Crippen molar-refractivity contribution in [1.82, 2.24) is 14.9 Å². The average molecular weight is 251 g/mol. The van der Waals surface area contributed by atoms with Gasteiger partial charge in [0.05, 0.1) is 18.6 Å². The van der Waals surface area contributed by atoms with Gasteiger partial charge in [0.1, 0.15) is 0 Å². The standard InChI is InChI=1S/C13H15F2N3/c1-16-7-12-8-18(10-17-12)9-13(14,15)11-5-3-2-4-6-11/h2-6,8,10,16H,7,9H2,1H3. The highest BCUT2D eigenvalue weighted by atomic mass is 19.3. The van der Waals surface area contributed by atoms with Crippen molar-refractivity contribution >= 4 is 0 Å². The predicted octanol–water partition coefficient (Wildman–Crippen LogP) is 2.39.